The van der Waals surface area contributed by atoms with Crippen molar-refractivity contribution in [3.8, 4) is 5.69 Å². The second kappa shape index (κ2) is 8.86. The molecule has 30 heavy (non-hydrogen) atoms. The number of aromatic nitrogens is 1. The van der Waals surface area contributed by atoms with Gasteiger partial charge in [0.15, 0.2) is 0 Å². The van der Waals surface area contributed by atoms with Gasteiger partial charge in [0.25, 0.3) is 5.91 Å². The Hall–Kier alpha value is -3.55. The zero-order valence-electron chi connectivity index (χ0n) is 16.2. The van der Waals surface area contributed by atoms with Gasteiger partial charge in [-0.2, -0.15) is 13.2 Å². The maximum Gasteiger partial charge on any atom is 0.405 e. The molecule has 8 heteroatoms. The molecule has 0 radical (unpaired) electrons. The third-order valence-corrected chi connectivity index (χ3v) is 4.43. The van der Waals surface area contributed by atoms with E-state index in [0.717, 1.165) is 11.3 Å². The molecule has 0 unspecified atom stereocenters. The lowest BCUT2D eigenvalue weighted by molar-refractivity contribution is -0.123. The Bertz CT molecular complexity index is 1030. The van der Waals surface area contributed by atoms with Crippen LogP contribution in [0, 0.1) is 6.92 Å². The Morgan fingerprint density at radius 2 is 1.67 bits per heavy atom. The molecule has 0 saturated heterocycles. The number of carbonyl (C=O) groups excluding carboxylic acids is 2. The molecular weight excluding hydrogens is 395 g/mol. The zero-order chi connectivity index (χ0) is 21.7. The van der Waals surface area contributed by atoms with Gasteiger partial charge < -0.3 is 15.2 Å². The highest BCUT2D eigenvalue weighted by Crippen LogP contribution is 2.19. The summed E-state index contributed by atoms with van der Waals surface area (Å²) in [5, 5.41) is 4.54. The van der Waals surface area contributed by atoms with Gasteiger partial charge in [-0.05, 0) is 54.4 Å². The van der Waals surface area contributed by atoms with Crippen molar-refractivity contribution in [2.24, 2.45) is 0 Å². The molecule has 1 heterocycles. The molecule has 0 aliphatic rings. The first-order valence-corrected chi connectivity index (χ1v) is 9.19. The van der Waals surface area contributed by atoms with Crippen LogP contribution >= 0.6 is 0 Å². The Morgan fingerprint density at radius 1 is 1.00 bits per heavy atom. The highest BCUT2D eigenvalue weighted by molar-refractivity contribution is 5.98. The number of hydrogen-bond donors (Lipinski definition) is 2. The minimum absolute atomic E-state index is 0.0382. The summed E-state index contributed by atoms with van der Waals surface area (Å²) >= 11 is 0. The number of nitrogens with one attached hydrogen (secondary N) is 2. The van der Waals surface area contributed by atoms with Gasteiger partial charge in [-0.1, -0.05) is 18.2 Å². The average molecular weight is 415 g/mol. The molecule has 2 amide bonds. The molecule has 3 aromatic rings. The number of aryl methyl sites for hydroxylation is 1. The predicted octanol–water partition coefficient (Wildman–Crippen LogP) is 4.26. The van der Waals surface area contributed by atoms with Gasteiger partial charge in [0.1, 0.15) is 6.54 Å². The van der Waals surface area contributed by atoms with Crippen LogP contribution in [0.2, 0.25) is 0 Å². The van der Waals surface area contributed by atoms with E-state index in [1.165, 1.54) is 12.1 Å². The molecule has 156 valence electrons. The van der Waals surface area contributed by atoms with Crippen molar-refractivity contribution in [1.82, 2.24) is 9.88 Å². The molecule has 0 atom stereocenters. The largest absolute Gasteiger partial charge is 0.405 e. The molecule has 0 spiro atoms. The number of benzene rings is 2. The summed E-state index contributed by atoms with van der Waals surface area (Å²) < 4.78 is 38.8. The molecule has 0 aliphatic heterocycles. The van der Waals surface area contributed by atoms with Crippen LogP contribution < -0.4 is 10.6 Å². The number of rotatable bonds is 6. The summed E-state index contributed by atoms with van der Waals surface area (Å²) in [6.07, 6.45) is -0.533. The van der Waals surface area contributed by atoms with Gasteiger partial charge in [-0.3, -0.25) is 9.59 Å². The first kappa shape index (κ1) is 21.2. The zero-order valence-corrected chi connectivity index (χ0v) is 16.2. The van der Waals surface area contributed by atoms with Crippen molar-refractivity contribution in [2.75, 3.05) is 11.9 Å². The molecule has 2 N–H and O–H groups in total. The van der Waals surface area contributed by atoms with Crippen molar-refractivity contribution in [1.29, 1.82) is 0 Å². The van der Waals surface area contributed by atoms with Gasteiger partial charge in [0.2, 0.25) is 5.91 Å². The van der Waals surface area contributed by atoms with Gasteiger partial charge >= 0.3 is 6.18 Å². The van der Waals surface area contributed by atoms with E-state index in [1.807, 2.05) is 58.7 Å². The third-order valence-electron chi connectivity index (χ3n) is 4.43. The van der Waals surface area contributed by atoms with Crippen LogP contribution in [-0.2, 0) is 11.2 Å². The van der Waals surface area contributed by atoms with Gasteiger partial charge in [0.05, 0.1) is 6.42 Å². The Morgan fingerprint density at radius 3 is 2.30 bits per heavy atom. The number of carbonyl (C=O) groups is 2. The monoisotopic (exact) mass is 415 g/mol. The Labute approximate surface area is 171 Å². The van der Waals surface area contributed by atoms with Crippen LogP contribution in [0.3, 0.4) is 0 Å². The highest BCUT2D eigenvalue weighted by Gasteiger charge is 2.28. The summed E-state index contributed by atoms with van der Waals surface area (Å²) in [5.74, 6) is -1.15. The molecule has 0 aliphatic carbocycles. The number of anilines is 1. The summed E-state index contributed by atoms with van der Waals surface area (Å²) in [7, 11) is 0. The maximum absolute atomic E-state index is 12.4. The Kier molecular flexibility index (Phi) is 6.25. The van der Waals surface area contributed by atoms with Crippen molar-refractivity contribution in [3.63, 3.8) is 0 Å². The van der Waals surface area contributed by atoms with Crippen LogP contribution in [-0.4, -0.2) is 29.1 Å². The fourth-order valence-electron chi connectivity index (χ4n) is 2.85. The molecule has 0 saturated carbocycles. The van der Waals surface area contributed by atoms with Crippen LogP contribution in [0.5, 0.6) is 0 Å². The lowest BCUT2D eigenvalue weighted by atomic mass is 10.1. The molecule has 0 fully saturated rings. The first-order valence-electron chi connectivity index (χ1n) is 9.19. The summed E-state index contributed by atoms with van der Waals surface area (Å²) in [6.45, 7) is 0.319. The lowest BCUT2D eigenvalue weighted by Crippen LogP contribution is -2.33. The smallest absolute Gasteiger partial charge is 0.343 e. The SMILES string of the molecule is Cc1ccc(C(=O)NCC(F)(F)F)cc1NC(=O)Cc1ccc(-n2cccc2)cc1. The minimum atomic E-state index is -4.49. The quantitative estimate of drug-likeness (QED) is 0.632. The third kappa shape index (κ3) is 5.73. The van der Waals surface area contributed by atoms with Crippen molar-refractivity contribution >= 4 is 17.5 Å². The fourth-order valence-corrected chi connectivity index (χ4v) is 2.85. The van der Waals surface area contributed by atoms with E-state index in [0.29, 0.717) is 11.3 Å². The number of amides is 2. The van der Waals surface area contributed by atoms with E-state index in [2.05, 4.69) is 5.32 Å². The minimum Gasteiger partial charge on any atom is -0.343 e. The van der Waals surface area contributed by atoms with Crippen molar-refractivity contribution in [2.45, 2.75) is 19.5 Å². The second-order valence-corrected chi connectivity index (χ2v) is 6.81. The van der Waals surface area contributed by atoms with E-state index in [1.54, 1.807) is 13.0 Å². The summed E-state index contributed by atoms with van der Waals surface area (Å²) in [6, 6.07) is 15.7. The molecule has 1 aromatic heterocycles. The summed E-state index contributed by atoms with van der Waals surface area (Å²) in [4.78, 5) is 24.4. The average Bonchev–Trinajstić information content (AvgIpc) is 3.22. The van der Waals surface area contributed by atoms with Crippen LogP contribution in [0.25, 0.3) is 5.69 Å². The maximum atomic E-state index is 12.4. The van der Waals surface area contributed by atoms with E-state index in [-0.39, 0.29) is 17.9 Å². The molecule has 3 rings (SSSR count). The molecular formula is C22H20F3N3O2. The van der Waals surface area contributed by atoms with Crippen LogP contribution in [0.4, 0.5) is 18.9 Å². The topological polar surface area (TPSA) is 63.1 Å². The number of nitrogens with zero attached hydrogens (tertiary/aromatic N) is 1. The van der Waals surface area contributed by atoms with Crippen molar-refractivity contribution in [3.05, 3.63) is 83.7 Å². The highest BCUT2D eigenvalue weighted by atomic mass is 19.4. The van der Waals surface area contributed by atoms with Gasteiger partial charge in [0, 0.05) is 29.3 Å². The van der Waals surface area contributed by atoms with Gasteiger partial charge in [-0.15, -0.1) is 0 Å². The number of hydrogen-bond acceptors (Lipinski definition) is 2. The molecule has 5 nitrogen and oxygen atoms in total. The van der Waals surface area contributed by atoms with E-state index in [4.69, 9.17) is 0 Å². The lowest BCUT2D eigenvalue weighted by Gasteiger charge is -2.12. The normalized spacial score (nSPS) is 11.2. The standard InChI is InChI=1S/C22H20F3N3O2/c1-15-4-7-17(21(30)26-14-22(23,24)25)13-19(15)27-20(29)12-16-5-8-18(9-6-16)28-10-2-3-11-28/h2-11,13H,12,14H2,1H3,(H,26,30)(H,27,29). The van der Waals surface area contributed by atoms with E-state index in [9.17, 15) is 22.8 Å². The first-order chi connectivity index (χ1) is 14.2. The second-order valence-electron chi connectivity index (χ2n) is 6.81. The van der Waals surface area contributed by atoms with Crippen LogP contribution in [0.1, 0.15) is 21.5 Å². The van der Waals surface area contributed by atoms with Crippen LogP contribution in [0.15, 0.2) is 67.0 Å². The van der Waals surface area contributed by atoms with E-state index >= 15 is 0 Å². The van der Waals surface area contributed by atoms with Gasteiger partial charge in [-0.25, -0.2) is 0 Å². The number of halogens is 3. The summed E-state index contributed by atoms with van der Waals surface area (Å²) in [5.41, 5.74) is 2.89. The fraction of sp³-hybridized carbons (Fsp3) is 0.182. The Balaban J connectivity index is 1.64. The van der Waals surface area contributed by atoms with E-state index < -0.39 is 18.6 Å². The molecule has 0 bridgehead atoms. The molecule has 2 aromatic carbocycles. The van der Waals surface area contributed by atoms with Crippen molar-refractivity contribution < 1.29 is 22.8 Å². The predicted molar refractivity (Wildman–Crippen MR) is 108 cm³/mol. The number of alkyl halides is 3.